The molecule has 1 aromatic heterocycles. The van der Waals surface area contributed by atoms with Crippen molar-refractivity contribution in [3.8, 4) is 5.75 Å². The zero-order valence-electron chi connectivity index (χ0n) is 12.6. The van der Waals surface area contributed by atoms with Crippen LogP contribution in [-0.4, -0.2) is 46.3 Å². The maximum Gasteiger partial charge on any atom is 0.173 e. The Morgan fingerprint density at radius 3 is 2.57 bits per heavy atom. The van der Waals surface area contributed by atoms with E-state index in [1.165, 1.54) is 0 Å². The second-order valence-corrected chi connectivity index (χ2v) is 5.76. The molecule has 2 heterocycles. The van der Waals surface area contributed by atoms with E-state index < -0.39 is 0 Å². The Morgan fingerprint density at radius 1 is 1.13 bits per heavy atom. The number of piperazine rings is 1. The summed E-state index contributed by atoms with van der Waals surface area (Å²) in [5.74, 6) is 1.65. The van der Waals surface area contributed by atoms with Gasteiger partial charge in [-0.15, -0.1) is 0 Å². The standard InChI is InChI=1S/C16H19N5OS/c17-14-5-2-6-15(19-14)20-7-9-21(10-8-20)16(23)18-12-3-1-4-13(22)11-12/h1-6,11,22H,7-10H2,(H2,17,19)(H,18,23). The fourth-order valence-corrected chi connectivity index (χ4v) is 2.84. The van der Waals surface area contributed by atoms with Crippen molar-refractivity contribution in [2.45, 2.75) is 0 Å². The summed E-state index contributed by atoms with van der Waals surface area (Å²) in [6.07, 6.45) is 0. The molecular formula is C16H19N5OS. The van der Waals surface area contributed by atoms with E-state index in [4.69, 9.17) is 18.0 Å². The van der Waals surface area contributed by atoms with Crippen LogP contribution in [0, 0.1) is 0 Å². The van der Waals surface area contributed by atoms with E-state index in [0.29, 0.717) is 10.9 Å². The number of phenols is 1. The molecule has 1 aromatic carbocycles. The van der Waals surface area contributed by atoms with Gasteiger partial charge in [0.1, 0.15) is 17.4 Å². The van der Waals surface area contributed by atoms with E-state index >= 15 is 0 Å². The van der Waals surface area contributed by atoms with Gasteiger partial charge in [0.25, 0.3) is 0 Å². The summed E-state index contributed by atoms with van der Waals surface area (Å²) < 4.78 is 0. The van der Waals surface area contributed by atoms with Gasteiger partial charge in [0.2, 0.25) is 0 Å². The Bertz CT molecular complexity index is 700. The highest BCUT2D eigenvalue weighted by Gasteiger charge is 2.20. The summed E-state index contributed by atoms with van der Waals surface area (Å²) in [4.78, 5) is 8.66. The maximum absolute atomic E-state index is 9.50. The van der Waals surface area contributed by atoms with Crippen LogP contribution in [-0.2, 0) is 0 Å². The van der Waals surface area contributed by atoms with E-state index in [0.717, 1.165) is 37.7 Å². The fraction of sp³-hybridized carbons (Fsp3) is 0.250. The van der Waals surface area contributed by atoms with Gasteiger partial charge in [0.15, 0.2) is 5.11 Å². The average Bonchev–Trinajstić information content (AvgIpc) is 2.55. The first-order valence-corrected chi connectivity index (χ1v) is 7.85. The lowest BCUT2D eigenvalue weighted by molar-refractivity contribution is 0.389. The zero-order valence-corrected chi connectivity index (χ0v) is 13.5. The highest BCUT2D eigenvalue weighted by atomic mass is 32.1. The minimum Gasteiger partial charge on any atom is -0.508 e. The van der Waals surface area contributed by atoms with Crippen LogP contribution in [0.1, 0.15) is 0 Å². The normalized spacial score (nSPS) is 14.6. The number of hydrogen-bond donors (Lipinski definition) is 3. The number of aromatic hydroxyl groups is 1. The summed E-state index contributed by atoms with van der Waals surface area (Å²) in [5, 5.41) is 13.3. The van der Waals surface area contributed by atoms with Crippen molar-refractivity contribution in [1.29, 1.82) is 0 Å². The van der Waals surface area contributed by atoms with Crippen LogP contribution in [0.15, 0.2) is 42.5 Å². The smallest absolute Gasteiger partial charge is 0.173 e. The second-order valence-electron chi connectivity index (χ2n) is 5.38. The molecule has 1 aliphatic rings. The molecule has 0 bridgehead atoms. The summed E-state index contributed by atoms with van der Waals surface area (Å²) >= 11 is 5.45. The van der Waals surface area contributed by atoms with Crippen molar-refractivity contribution in [3.05, 3.63) is 42.5 Å². The molecule has 0 aliphatic carbocycles. The molecule has 6 nitrogen and oxygen atoms in total. The number of nitrogens with one attached hydrogen (secondary N) is 1. The largest absolute Gasteiger partial charge is 0.508 e. The first-order valence-electron chi connectivity index (χ1n) is 7.44. The second kappa shape index (κ2) is 6.70. The number of nitrogen functional groups attached to an aromatic ring is 1. The third-order valence-corrected chi connectivity index (χ3v) is 4.10. The summed E-state index contributed by atoms with van der Waals surface area (Å²) in [7, 11) is 0. The quantitative estimate of drug-likeness (QED) is 0.726. The van der Waals surface area contributed by atoms with Crippen LogP contribution < -0.4 is 16.0 Å². The van der Waals surface area contributed by atoms with Crippen molar-refractivity contribution in [2.24, 2.45) is 0 Å². The number of anilines is 3. The van der Waals surface area contributed by atoms with Crippen molar-refractivity contribution >= 4 is 34.7 Å². The number of pyridine rings is 1. The molecule has 0 atom stereocenters. The molecule has 0 spiro atoms. The Balaban J connectivity index is 1.57. The van der Waals surface area contributed by atoms with Crippen molar-refractivity contribution in [1.82, 2.24) is 9.88 Å². The van der Waals surface area contributed by atoms with E-state index in [1.54, 1.807) is 24.3 Å². The highest BCUT2D eigenvalue weighted by Crippen LogP contribution is 2.18. The fourth-order valence-electron chi connectivity index (χ4n) is 2.54. The molecule has 2 aromatic rings. The van der Waals surface area contributed by atoms with Crippen molar-refractivity contribution < 1.29 is 5.11 Å². The van der Waals surface area contributed by atoms with Gasteiger partial charge in [0.05, 0.1) is 0 Å². The molecule has 7 heteroatoms. The SMILES string of the molecule is Nc1cccc(N2CCN(C(=S)Nc3cccc(O)c3)CC2)n1. The van der Waals surface area contributed by atoms with E-state index in [-0.39, 0.29) is 5.75 Å². The number of thiocarbonyl (C=S) groups is 1. The number of rotatable bonds is 2. The van der Waals surface area contributed by atoms with Gasteiger partial charge in [-0.3, -0.25) is 0 Å². The predicted molar refractivity (Wildman–Crippen MR) is 96.8 cm³/mol. The number of aromatic nitrogens is 1. The average molecular weight is 329 g/mol. The lowest BCUT2D eigenvalue weighted by Crippen LogP contribution is -2.50. The minimum atomic E-state index is 0.218. The molecule has 0 amide bonds. The van der Waals surface area contributed by atoms with Gasteiger partial charge in [-0.25, -0.2) is 4.98 Å². The molecule has 1 fully saturated rings. The predicted octanol–water partition coefficient (Wildman–Crippen LogP) is 1.89. The first-order chi connectivity index (χ1) is 11.1. The minimum absolute atomic E-state index is 0.218. The number of phenolic OH excluding ortho intramolecular Hbond substituents is 1. The maximum atomic E-state index is 9.50. The Kier molecular flexibility index (Phi) is 4.47. The lowest BCUT2D eigenvalue weighted by Gasteiger charge is -2.36. The number of benzene rings is 1. The lowest BCUT2D eigenvalue weighted by atomic mass is 10.3. The van der Waals surface area contributed by atoms with E-state index in [1.807, 2.05) is 18.2 Å². The highest BCUT2D eigenvalue weighted by molar-refractivity contribution is 7.80. The van der Waals surface area contributed by atoms with Crippen molar-refractivity contribution in [3.63, 3.8) is 0 Å². The van der Waals surface area contributed by atoms with Gasteiger partial charge in [-0.1, -0.05) is 12.1 Å². The third-order valence-electron chi connectivity index (χ3n) is 3.74. The van der Waals surface area contributed by atoms with E-state index in [2.05, 4.69) is 20.1 Å². The molecule has 4 N–H and O–H groups in total. The van der Waals surface area contributed by atoms with Gasteiger partial charge in [-0.2, -0.15) is 0 Å². The van der Waals surface area contributed by atoms with Crippen LogP contribution in [0.5, 0.6) is 5.75 Å². The molecule has 0 saturated carbocycles. The monoisotopic (exact) mass is 329 g/mol. The zero-order chi connectivity index (χ0) is 16.2. The molecule has 120 valence electrons. The molecule has 23 heavy (non-hydrogen) atoms. The summed E-state index contributed by atoms with van der Waals surface area (Å²) in [6, 6.07) is 12.6. The summed E-state index contributed by atoms with van der Waals surface area (Å²) in [5.41, 5.74) is 6.53. The molecular weight excluding hydrogens is 310 g/mol. The topological polar surface area (TPSA) is 77.7 Å². The molecule has 1 aliphatic heterocycles. The van der Waals surface area contributed by atoms with Gasteiger partial charge in [-0.05, 0) is 36.5 Å². The van der Waals surface area contributed by atoms with Crippen LogP contribution in [0.4, 0.5) is 17.3 Å². The summed E-state index contributed by atoms with van der Waals surface area (Å²) in [6.45, 7) is 3.28. The molecule has 0 radical (unpaired) electrons. The molecule has 1 saturated heterocycles. The Labute approximate surface area is 140 Å². The number of hydrogen-bond acceptors (Lipinski definition) is 5. The van der Waals surface area contributed by atoms with Gasteiger partial charge >= 0.3 is 0 Å². The number of nitrogens with zero attached hydrogens (tertiary/aromatic N) is 3. The van der Waals surface area contributed by atoms with Crippen LogP contribution in [0.2, 0.25) is 0 Å². The Hall–Kier alpha value is -2.54. The van der Waals surface area contributed by atoms with Gasteiger partial charge in [0, 0.05) is 37.9 Å². The first kappa shape index (κ1) is 15.4. The van der Waals surface area contributed by atoms with Crippen LogP contribution in [0.25, 0.3) is 0 Å². The van der Waals surface area contributed by atoms with Gasteiger partial charge < -0.3 is 26.0 Å². The Morgan fingerprint density at radius 2 is 1.87 bits per heavy atom. The van der Waals surface area contributed by atoms with Crippen LogP contribution >= 0.6 is 12.2 Å². The molecule has 0 unspecified atom stereocenters. The van der Waals surface area contributed by atoms with Crippen molar-refractivity contribution in [2.75, 3.05) is 42.1 Å². The van der Waals surface area contributed by atoms with Crippen LogP contribution in [0.3, 0.4) is 0 Å². The van der Waals surface area contributed by atoms with E-state index in [9.17, 15) is 5.11 Å². The molecule has 3 rings (SSSR count). The number of nitrogens with two attached hydrogens (primary N) is 1. The third kappa shape index (κ3) is 3.81.